The molecule has 1 amide bonds. The summed E-state index contributed by atoms with van der Waals surface area (Å²) in [5, 5.41) is 8.64. The van der Waals surface area contributed by atoms with Gasteiger partial charge in [0.05, 0.1) is 19.1 Å². The first-order chi connectivity index (χ1) is 9.69. The smallest absolute Gasteiger partial charge is 0.224 e. The summed E-state index contributed by atoms with van der Waals surface area (Å²) >= 11 is 0. The maximum Gasteiger partial charge on any atom is 0.224 e. The molecule has 1 rings (SSSR count). The molecule has 20 heavy (non-hydrogen) atoms. The van der Waals surface area contributed by atoms with Crippen molar-refractivity contribution in [1.82, 2.24) is 4.90 Å². The Morgan fingerprint density at radius 2 is 2.10 bits per heavy atom. The Hall–Kier alpha value is -1.90. The quantitative estimate of drug-likeness (QED) is 0.779. The predicted octanol–water partition coefficient (Wildman–Crippen LogP) is 1.47. The van der Waals surface area contributed by atoms with Gasteiger partial charge >= 0.3 is 0 Å². The third-order valence-electron chi connectivity index (χ3n) is 3.03. The van der Waals surface area contributed by atoms with Crippen LogP contribution in [0, 0.1) is 11.3 Å². The highest BCUT2D eigenvalue weighted by atomic mass is 16.5. The van der Waals surface area contributed by atoms with Crippen molar-refractivity contribution in [3.8, 4) is 6.07 Å². The highest BCUT2D eigenvalue weighted by Gasteiger charge is 2.17. The summed E-state index contributed by atoms with van der Waals surface area (Å²) in [5.41, 5.74) is 6.99. The molecule has 0 fully saturated rings. The average molecular weight is 275 g/mol. The van der Waals surface area contributed by atoms with Crippen molar-refractivity contribution in [1.29, 1.82) is 5.26 Å². The van der Waals surface area contributed by atoms with Gasteiger partial charge in [-0.25, -0.2) is 0 Å². The van der Waals surface area contributed by atoms with E-state index in [1.54, 1.807) is 12.0 Å². The topological polar surface area (TPSA) is 79.3 Å². The summed E-state index contributed by atoms with van der Waals surface area (Å²) in [6.45, 7) is 1.36. The number of methoxy groups -OCH3 is 1. The lowest BCUT2D eigenvalue weighted by Crippen LogP contribution is -2.36. The maximum atomic E-state index is 12.2. The van der Waals surface area contributed by atoms with Crippen LogP contribution < -0.4 is 5.73 Å². The summed E-state index contributed by atoms with van der Waals surface area (Å²) in [6, 6.07) is 11.3. The molecule has 0 aliphatic rings. The van der Waals surface area contributed by atoms with E-state index in [9.17, 15) is 4.79 Å². The molecular weight excluding hydrogens is 254 g/mol. The van der Waals surface area contributed by atoms with Crippen LogP contribution in [0.4, 0.5) is 0 Å². The molecular formula is C15H21N3O2. The molecule has 1 aromatic carbocycles. The molecule has 1 atom stereocenters. The molecule has 0 aromatic heterocycles. The number of rotatable bonds is 8. The molecule has 0 aliphatic heterocycles. The van der Waals surface area contributed by atoms with Crippen molar-refractivity contribution < 1.29 is 9.53 Å². The molecule has 0 bridgehead atoms. The minimum Gasteiger partial charge on any atom is -0.383 e. The van der Waals surface area contributed by atoms with Crippen molar-refractivity contribution in [2.75, 3.05) is 26.8 Å². The number of carbonyl (C=O) groups is 1. The number of carbonyl (C=O) groups excluding carboxylic acids is 1. The lowest BCUT2D eigenvalue weighted by molar-refractivity contribution is -0.132. The van der Waals surface area contributed by atoms with Crippen LogP contribution in [-0.4, -0.2) is 37.6 Å². The molecule has 2 N–H and O–H groups in total. The predicted molar refractivity (Wildman–Crippen MR) is 76.7 cm³/mol. The number of nitrogens with two attached hydrogens (primary N) is 1. The van der Waals surface area contributed by atoms with Crippen LogP contribution in [0.1, 0.15) is 24.4 Å². The number of nitrogens with zero attached hydrogens (tertiary/aromatic N) is 2. The fourth-order valence-electron chi connectivity index (χ4n) is 1.88. The van der Waals surface area contributed by atoms with Gasteiger partial charge in [-0.2, -0.15) is 5.26 Å². The first-order valence-corrected chi connectivity index (χ1v) is 6.63. The Kier molecular flexibility index (Phi) is 7.33. The highest BCUT2D eigenvalue weighted by molar-refractivity contribution is 5.77. The molecule has 5 nitrogen and oxygen atoms in total. The Morgan fingerprint density at radius 3 is 2.70 bits per heavy atom. The third kappa shape index (κ3) is 5.39. The largest absolute Gasteiger partial charge is 0.383 e. The van der Waals surface area contributed by atoms with Crippen LogP contribution >= 0.6 is 0 Å². The third-order valence-corrected chi connectivity index (χ3v) is 3.03. The Labute approximate surface area is 119 Å². The number of amides is 1. The fraction of sp³-hybridized carbons (Fsp3) is 0.467. The van der Waals surface area contributed by atoms with Crippen molar-refractivity contribution in [3.63, 3.8) is 0 Å². The van der Waals surface area contributed by atoms with E-state index in [4.69, 9.17) is 15.7 Å². The number of nitriles is 1. The molecule has 0 heterocycles. The second-order valence-electron chi connectivity index (χ2n) is 4.50. The van der Waals surface area contributed by atoms with Gasteiger partial charge < -0.3 is 15.4 Å². The van der Waals surface area contributed by atoms with Crippen LogP contribution in [0.5, 0.6) is 0 Å². The van der Waals surface area contributed by atoms with Gasteiger partial charge in [0.15, 0.2) is 0 Å². The van der Waals surface area contributed by atoms with Crippen molar-refractivity contribution in [3.05, 3.63) is 35.9 Å². The van der Waals surface area contributed by atoms with E-state index in [2.05, 4.69) is 0 Å². The lowest BCUT2D eigenvalue weighted by Gasteiger charge is -2.23. The van der Waals surface area contributed by atoms with Crippen molar-refractivity contribution >= 4 is 5.91 Å². The first-order valence-electron chi connectivity index (χ1n) is 6.63. The standard InChI is InChI=1S/C15H21N3O2/c1-20-11-10-18(9-5-8-16)15(19)12-14(17)13-6-3-2-4-7-13/h2-4,6-7,14H,5,9-12,17H2,1H3. The van der Waals surface area contributed by atoms with Gasteiger partial charge in [0.2, 0.25) is 5.91 Å². The highest BCUT2D eigenvalue weighted by Crippen LogP contribution is 2.14. The zero-order valence-corrected chi connectivity index (χ0v) is 11.8. The maximum absolute atomic E-state index is 12.2. The van der Waals surface area contributed by atoms with E-state index in [-0.39, 0.29) is 18.4 Å². The summed E-state index contributed by atoms with van der Waals surface area (Å²) in [6.07, 6.45) is 0.551. The van der Waals surface area contributed by atoms with E-state index in [1.165, 1.54) is 0 Å². The van der Waals surface area contributed by atoms with Gasteiger partial charge in [-0.15, -0.1) is 0 Å². The van der Waals surface area contributed by atoms with Crippen molar-refractivity contribution in [2.45, 2.75) is 18.9 Å². The van der Waals surface area contributed by atoms with Crippen molar-refractivity contribution in [2.24, 2.45) is 5.73 Å². The second kappa shape index (κ2) is 9.08. The Balaban J connectivity index is 2.58. The summed E-state index contributed by atoms with van der Waals surface area (Å²) in [7, 11) is 1.59. The molecule has 108 valence electrons. The Bertz CT molecular complexity index is 442. The number of ether oxygens (including phenoxy) is 1. The van der Waals surface area contributed by atoms with E-state index in [0.29, 0.717) is 26.1 Å². The van der Waals surface area contributed by atoms with E-state index in [1.807, 2.05) is 36.4 Å². The van der Waals surface area contributed by atoms with Gasteiger partial charge in [-0.1, -0.05) is 30.3 Å². The molecule has 0 spiro atoms. The zero-order chi connectivity index (χ0) is 14.8. The zero-order valence-electron chi connectivity index (χ0n) is 11.8. The number of hydrogen-bond donors (Lipinski definition) is 1. The molecule has 1 unspecified atom stereocenters. The van der Waals surface area contributed by atoms with Gasteiger partial charge in [-0.05, 0) is 5.56 Å². The number of hydrogen-bond acceptors (Lipinski definition) is 4. The SMILES string of the molecule is COCCN(CCC#N)C(=O)CC(N)c1ccccc1. The molecule has 0 saturated carbocycles. The monoisotopic (exact) mass is 275 g/mol. The molecule has 5 heteroatoms. The summed E-state index contributed by atoms with van der Waals surface area (Å²) in [4.78, 5) is 13.9. The average Bonchev–Trinajstić information content (AvgIpc) is 2.48. The van der Waals surface area contributed by atoms with Crippen LogP contribution in [-0.2, 0) is 9.53 Å². The normalized spacial score (nSPS) is 11.7. The van der Waals surface area contributed by atoms with Gasteiger partial charge in [0.25, 0.3) is 0 Å². The molecule has 0 radical (unpaired) electrons. The van der Waals surface area contributed by atoms with E-state index in [0.717, 1.165) is 5.56 Å². The Morgan fingerprint density at radius 1 is 1.40 bits per heavy atom. The first kappa shape index (κ1) is 16.2. The molecule has 0 aliphatic carbocycles. The molecule has 1 aromatic rings. The van der Waals surface area contributed by atoms with Crippen LogP contribution in [0.15, 0.2) is 30.3 Å². The second-order valence-corrected chi connectivity index (χ2v) is 4.50. The van der Waals surface area contributed by atoms with Crippen LogP contribution in [0.3, 0.4) is 0 Å². The van der Waals surface area contributed by atoms with E-state index >= 15 is 0 Å². The summed E-state index contributed by atoms with van der Waals surface area (Å²) < 4.78 is 4.98. The van der Waals surface area contributed by atoms with Gasteiger partial charge in [-0.3, -0.25) is 4.79 Å². The number of benzene rings is 1. The lowest BCUT2D eigenvalue weighted by atomic mass is 10.0. The van der Waals surface area contributed by atoms with Crippen LogP contribution in [0.25, 0.3) is 0 Å². The van der Waals surface area contributed by atoms with Crippen LogP contribution in [0.2, 0.25) is 0 Å². The molecule has 0 saturated heterocycles. The minimum atomic E-state index is -0.323. The minimum absolute atomic E-state index is 0.0475. The van der Waals surface area contributed by atoms with E-state index < -0.39 is 0 Å². The van der Waals surface area contributed by atoms with Gasteiger partial charge in [0.1, 0.15) is 0 Å². The summed E-state index contributed by atoms with van der Waals surface area (Å²) in [5.74, 6) is -0.0475. The van der Waals surface area contributed by atoms with Gasteiger partial charge in [0, 0.05) is 32.7 Å². The fourth-order valence-corrected chi connectivity index (χ4v) is 1.88.